The van der Waals surface area contributed by atoms with Gasteiger partial charge in [0.2, 0.25) is 0 Å². The van der Waals surface area contributed by atoms with Crippen LogP contribution in [0.3, 0.4) is 0 Å². The van der Waals surface area contributed by atoms with Gasteiger partial charge in [0.1, 0.15) is 11.3 Å². The summed E-state index contributed by atoms with van der Waals surface area (Å²) >= 11 is 0. The van der Waals surface area contributed by atoms with E-state index >= 15 is 0 Å². The van der Waals surface area contributed by atoms with Crippen molar-refractivity contribution < 1.29 is 4.42 Å². The van der Waals surface area contributed by atoms with Crippen LogP contribution < -0.4 is 11.2 Å². The molecule has 1 atom stereocenters. The molecule has 22 heavy (non-hydrogen) atoms. The molecule has 0 spiro atoms. The number of fused-ring (bicyclic) bond motifs is 1. The van der Waals surface area contributed by atoms with Crippen LogP contribution in [-0.4, -0.2) is 21.9 Å². The van der Waals surface area contributed by atoms with Crippen LogP contribution in [0.4, 0.5) is 0 Å². The number of hydrogen-bond donors (Lipinski definition) is 2. The van der Waals surface area contributed by atoms with Gasteiger partial charge in [-0.25, -0.2) is 4.79 Å². The van der Waals surface area contributed by atoms with Crippen molar-refractivity contribution in [1.82, 2.24) is 14.9 Å². The van der Waals surface area contributed by atoms with Gasteiger partial charge in [-0.15, -0.1) is 0 Å². The quantitative estimate of drug-likeness (QED) is 0.772. The largest absolute Gasteiger partial charge is 0.459 e. The van der Waals surface area contributed by atoms with Gasteiger partial charge in [0.05, 0.1) is 6.04 Å². The highest BCUT2D eigenvalue weighted by Gasteiger charge is 2.17. The molecule has 1 aromatic carbocycles. The number of H-pyrrole nitrogens is 2. The Labute approximate surface area is 126 Å². The van der Waals surface area contributed by atoms with E-state index in [-0.39, 0.29) is 6.04 Å². The third-order valence-corrected chi connectivity index (χ3v) is 3.75. The van der Waals surface area contributed by atoms with E-state index in [1.807, 2.05) is 49.2 Å². The van der Waals surface area contributed by atoms with Crippen LogP contribution in [0.25, 0.3) is 11.0 Å². The molecule has 114 valence electrons. The number of nitrogens with zero attached hydrogens (tertiary/aromatic N) is 1. The van der Waals surface area contributed by atoms with Crippen LogP contribution in [0.5, 0.6) is 0 Å². The van der Waals surface area contributed by atoms with Crippen LogP contribution in [0.1, 0.15) is 24.4 Å². The minimum Gasteiger partial charge on any atom is -0.459 e. The molecular formula is C16H17N3O3. The average molecular weight is 299 g/mol. The summed E-state index contributed by atoms with van der Waals surface area (Å²) in [6.07, 6.45) is 0. The number of rotatable bonds is 4. The molecule has 2 aromatic heterocycles. The molecular weight excluding hydrogens is 282 g/mol. The average Bonchev–Trinajstić information content (AvgIpc) is 2.89. The van der Waals surface area contributed by atoms with Crippen molar-refractivity contribution in [3.63, 3.8) is 0 Å². The zero-order valence-corrected chi connectivity index (χ0v) is 12.4. The first kappa shape index (κ1) is 14.3. The summed E-state index contributed by atoms with van der Waals surface area (Å²) in [4.78, 5) is 29.4. The van der Waals surface area contributed by atoms with Gasteiger partial charge in [0, 0.05) is 23.7 Å². The van der Waals surface area contributed by atoms with Gasteiger partial charge in [0.25, 0.3) is 5.56 Å². The Morgan fingerprint density at radius 2 is 1.95 bits per heavy atom. The molecule has 0 fully saturated rings. The standard InChI is InChI=1S/C16H17N3O3/c1-10(14-7-11-5-3-4-6-13(11)22-14)19(2)9-12-8-15(20)18-16(21)17-12/h3-8,10H,9H2,1-2H3,(H2,17,18,20,21)/t10-/m0/s1. The molecule has 0 aliphatic heterocycles. The van der Waals surface area contributed by atoms with Crippen molar-refractivity contribution in [3.05, 3.63) is 68.7 Å². The number of benzene rings is 1. The normalized spacial score (nSPS) is 12.9. The number of para-hydroxylation sites is 1. The second kappa shape index (κ2) is 5.65. The maximum absolute atomic E-state index is 11.3. The van der Waals surface area contributed by atoms with Gasteiger partial charge in [0.15, 0.2) is 0 Å². The Hall–Kier alpha value is -2.60. The van der Waals surface area contributed by atoms with Crippen LogP contribution >= 0.6 is 0 Å². The summed E-state index contributed by atoms with van der Waals surface area (Å²) in [5.74, 6) is 0.843. The van der Waals surface area contributed by atoms with Gasteiger partial charge in [-0.3, -0.25) is 14.7 Å². The third-order valence-electron chi connectivity index (χ3n) is 3.75. The smallest absolute Gasteiger partial charge is 0.325 e. The van der Waals surface area contributed by atoms with Crippen LogP contribution in [0, 0.1) is 0 Å². The van der Waals surface area contributed by atoms with Crippen LogP contribution in [0.15, 0.2) is 50.4 Å². The van der Waals surface area contributed by atoms with E-state index < -0.39 is 11.2 Å². The zero-order valence-electron chi connectivity index (χ0n) is 12.4. The number of aromatic amines is 2. The first-order chi connectivity index (χ1) is 10.5. The van der Waals surface area contributed by atoms with Gasteiger partial charge in [-0.05, 0) is 26.1 Å². The molecule has 3 aromatic rings. The van der Waals surface area contributed by atoms with Crippen molar-refractivity contribution in [1.29, 1.82) is 0 Å². The molecule has 0 aliphatic carbocycles. The lowest BCUT2D eigenvalue weighted by Crippen LogP contribution is -2.28. The van der Waals surface area contributed by atoms with E-state index in [9.17, 15) is 9.59 Å². The molecule has 0 saturated carbocycles. The molecule has 0 aliphatic rings. The summed E-state index contributed by atoms with van der Waals surface area (Å²) in [6.45, 7) is 2.46. The number of nitrogens with one attached hydrogen (secondary N) is 2. The molecule has 0 amide bonds. The molecule has 6 nitrogen and oxygen atoms in total. The van der Waals surface area contributed by atoms with E-state index in [4.69, 9.17) is 4.42 Å². The summed E-state index contributed by atoms with van der Waals surface area (Å²) in [5.41, 5.74) is 0.525. The SMILES string of the molecule is C[C@@H](c1cc2ccccc2o1)N(C)Cc1cc(=O)[nH]c(=O)[nH]1. The topological polar surface area (TPSA) is 82.1 Å². The highest BCUT2D eigenvalue weighted by atomic mass is 16.3. The van der Waals surface area contributed by atoms with Crippen molar-refractivity contribution in [3.8, 4) is 0 Å². The van der Waals surface area contributed by atoms with Gasteiger partial charge in [-0.2, -0.15) is 0 Å². The second-order valence-electron chi connectivity index (χ2n) is 5.39. The van der Waals surface area contributed by atoms with Crippen LogP contribution in [-0.2, 0) is 6.54 Å². The van der Waals surface area contributed by atoms with E-state index in [2.05, 4.69) is 9.97 Å². The first-order valence-corrected chi connectivity index (χ1v) is 7.04. The Kier molecular flexibility index (Phi) is 3.68. The lowest BCUT2D eigenvalue weighted by molar-refractivity contribution is 0.223. The monoisotopic (exact) mass is 299 g/mol. The molecule has 2 N–H and O–H groups in total. The Bertz CT molecular complexity index is 845. The molecule has 0 saturated heterocycles. The Morgan fingerprint density at radius 3 is 2.68 bits per heavy atom. The van der Waals surface area contributed by atoms with Gasteiger partial charge >= 0.3 is 5.69 Å². The first-order valence-electron chi connectivity index (χ1n) is 7.04. The fraction of sp³-hybridized carbons (Fsp3) is 0.250. The van der Waals surface area contributed by atoms with E-state index in [0.29, 0.717) is 12.2 Å². The van der Waals surface area contributed by atoms with Crippen molar-refractivity contribution in [2.45, 2.75) is 19.5 Å². The highest BCUT2D eigenvalue weighted by Crippen LogP contribution is 2.27. The minimum absolute atomic E-state index is 0.00943. The summed E-state index contributed by atoms with van der Waals surface area (Å²) in [7, 11) is 1.91. The summed E-state index contributed by atoms with van der Waals surface area (Å²) < 4.78 is 5.85. The molecule has 2 heterocycles. The molecule has 0 unspecified atom stereocenters. The fourth-order valence-electron chi connectivity index (χ4n) is 2.44. The van der Waals surface area contributed by atoms with Crippen LogP contribution in [0.2, 0.25) is 0 Å². The number of aromatic nitrogens is 2. The fourth-order valence-corrected chi connectivity index (χ4v) is 2.44. The molecule has 0 bridgehead atoms. The van der Waals surface area contributed by atoms with E-state index in [0.717, 1.165) is 16.7 Å². The van der Waals surface area contributed by atoms with E-state index in [1.54, 1.807) is 0 Å². The lowest BCUT2D eigenvalue weighted by atomic mass is 10.2. The van der Waals surface area contributed by atoms with Crippen molar-refractivity contribution in [2.75, 3.05) is 7.05 Å². The third kappa shape index (κ3) is 2.87. The predicted octanol–water partition coefficient (Wildman–Crippen LogP) is 2.00. The molecule has 0 radical (unpaired) electrons. The van der Waals surface area contributed by atoms with Crippen molar-refractivity contribution >= 4 is 11.0 Å². The lowest BCUT2D eigenvalue weighted by Gasteiger charge is -2.22. The zero-order chi connectivity index (χ0) is 15.7. The molecule has 3 rings (SSSR count). The predicted molar refractivity (Wildman–Crippen MR) is 83.8 cm³/mol. The maximum atomic E-state index is 11.3. The minimum atomic E-state index is -0.493. The Balaban J connectivity index is 1.83. The second-order valence-corrected chi connectivity index (χ2v) is 5.39. The summed E-state index contributed by atoms with van der Waals surface area (Å²) in [6, 6.07) is 11.3. The number of hydrogen-bond acceptors (Lipinski definition) is 4. The van der Waals surface area contributed by atoms with Crippen molar-refractivity contribution in [2.24, 2.45) is 0 Å². The maximum Gasteiger partial charge on any atom is 0.325 e. The summed E-state index contributed by atoms with van der Waals surface area (Å²) in [5, 5.41) is 1.06. The molecule has 6 heteroatoms. The van der Waals surface area contributed by atoms with Gasteiger partial charge in [-0.1, -0.05) is 18.2 Å². The number of furan rings is 1. The highest BCUT2D eigenvalue weighted by molar-refractivity contribution is 5.77. The van der Waals surface area contributed by atoms with Gasteiger partial charge < -0.3 is 9.40 Å². The Morgan fingerprint density at radius 1 is 1.18 bits per heavy atom. The van der Waals surface area contributed by atoms with E-state index in [1.165, 1.54) is 6.07 Å².